The number of hydrogen-bond donors (Lipinski definition) is 1. The molecule has 2 aromatic rings. The van der Waals surface area contributed by atoms with Gasteiger partial charge < -0.3 is 4.18 Å². The number of nitrogens with one attached hydrogen (secondary N) is 1. The number of hydrogen-bond acceptors (Lipinski definition) is 5. The molecular weight excluding hydrogens is 301 g/mol. The molecule has 2 rings (SSSR count). The lowest BCUT2D eigenvalue weighted by atomic mass is 10.2. The molecule has 6 nitrogen and oxygen atoms in total. The minimum absolute atomic E-state index is 0.0185. The van der Waals surface area contributed by atoms with Gasteiger partial charge in [-0.25, -0.2) is 10.1 Å². The predicted molar refractivity (Wildman–Crippen MR) is 65.4 cm³/mol. The van der Waals surface area contributed by atoms with Crippen molar-refractivity contribution in [2.75, 3.05) is 0 Å². The summed E-state index contributed by atoms with van der Waals surface area (Å²) in [5, 5.41) is 5.79. The average molecular weight is 308 g/mol. The van der Waals surface area contributed by atoms with E-state index >= 15 is 0 Å². The van der Waals surface area contributed by atoms with Crippen molar-refractivity contribution in [3.63, 3.8) is 0 Å². The Morgan fingerprint density at radius 3 is 2.67 bits per heavy atom. The summed E-state index contributed by atoms with van der Waals surface area (Å²) in [6, 6.07) is 2.86. The molecule has 0 saturated carbocycles. The molecule has 1 aromatic carbocycles. The second-order valence-electron chi connectivity index (χ2n) is 3.31. The number of aromatic nitrogens is 3. The molecule has 0 bridgehead atoms. The highest BCUT2D eigenvalue weighted by Crippen LogP contribution is 2.33. The van der Waals surface area contributed by atoms with Crippen LogP contribution in [0.5, 0.6) is 5.75 Å². The van der Waals surface area contributed by atoms with E-state index < -0.39 is 15.3 Å². The lowest BCUT2D eigenvalue weighted by molar-refractivity contribution is 0.478. The smallest absolute Gasteiger partial charge is 0.374 e. The molecule has 0 radical (unpaired) electrons. The Morgan fingerprint density at radius 1 is 1.33 bits per heavy atom. The number of halogens is 2. The van der Waals surface area contributed by atoms with Crippen molar-refractivity contribution in [3.8, 4) is 5.75 Å². The maximum Gasteiger partial charge on any atom is 0.374 e. The monoisotopic (exact) mass is 307 g/mol. The number of benzene rings is 1. The molecule has 9 heteroatoms. The van der Waals surface area contributed by atoms with Crippen LogP contribution < -0.4 is 4.18 Å². The molecule has 1 heterocycles. The molecule has 0 aliphatic heterocycles. The van der Waals surface area contributed by atoms with Crippen molar-refractivity contribution in [1.29, 1.82) is 0 Å². The number of H-pyrrole nitrogens is 1. The Morgan fingerprint density at radius 2 is 2.06 bits per heavy atom. The molecule has 0 saturated heterocycles. The second-order valence-corrected chi connectivity index (χ2v) is 5.56. The standard InChI is InChI=1S/C9H7Cl2N3O3S/c1-5-6(10)2-3-7(8(5)11)17-18(15,16)9-12-4-13-14-9/h2-4H,1H3,(H,12,13,14). The molecule has 0 atom stereocenters. The SMILES string of the molecule is Cc1c(Cl)ccc(OS(=O)(=O)c2ncn[nH]2)c1Cl. The zero-order valence-corrected chi connectivity index (χ0v) is 11.3. The lowest BCUT2D eigenvalue weighted by Gasteiger charge is -2.08. The first-order valence-corrected chi connectivity index (χ1v) is 6.82. The summed E-state index contributed by atoms with van der Waals surface area (Å²) in [5.41, 5.74) is 0.531. The van der Waals surface area contributed by atoms with Gasteiger partial charge in [0, 0.05) is 5.02 Å². The van der Waals surface area contributed by atoms with Crippen LogP contribution in [0, 0.1) is 6.92 Å². The van der Waals surface area contributed by atoms with Crippen molar-refractivity contribution < 1.29 is 12.6 Å². The number of rotatable bonds is 3. The molecule has 1 N–H and O–H groups in total. The van der Waals surface area contributed by atoms with Gasteiger partial charge in [-0.05, 0) is 24.6 Å². The minimum Gasteiger partial charge on any atom is -0.375 e. The van der Waals surface area contributed by atoms with Crippen LogP contribution in [0.15, 0.2) is 23.6 Å². The maximum absolute atomic E-state index is 11.8. The zero-order valence-electron chi connectivity index (χ0n) is 9.02. The van der Waals surface area contributed by atoms with E-state index in [4.69, 9.17) is 27.4 Å². The van der Waals surface area contributed by atoms with Gasteiger partial charge in [0.25, 0.3) is 5.16 Å². The van der Waals surface area contributed by atoms with Crippen LogP contribution in [0.2, 0.25) is 10.0 Å². The maximum atomic E-state index is 11.8. The summed E-state index contributed by atoms with van der Waals surface area (Å²) in [6.45, 7) is 1.65. The summed E-state index contributed by atoms with van der Waals surface area (Å²) >= 11 is 11.8. The molecule has 0 amide bonds. The van der Waals surface area contributed by atoms with E-state index in [1.54, 1.807) is 6.92 Å². The van der Waals surface area contributed by atoms with Gasteiger partial charge in [0.2, 0.25) is 0 Å². The van der Waals surface area contributed by atoms with Crippen molar-refractivity contribution in [1.82, 2.24) is 15.2 Å². The van der Waals surface area contributed by atoms with Gasteiger partial charge in [0.1, 0.15) is 6.33 Å². The fraction of sp³-hybridized carbons (Fsp3) is 0.111. The van der Waals surface area contributed by atoms with Gasteiger partial charge >= 0.3 is 10.1 Å². The van der Waals surface area contributed by atoms with Gasteiger partial charge in [-0.1, -0.05) is 23.2 Å². The molecule has 96 valence electrons. The van der Waals surface area contributed by atoms with Gasteiger partial charge in [-0.3, -0.25) is 0 Å². The van der Waals surface area contributed by atoms with E-state index in [2.05, 4.69) is 15.2 Å². The summed E-state index contributed by atoms with van der Waals surface area (Å²) in [5.74, 6) is -0.0185. The Hall–Kier alpha value is -1.31. The van der Waals surface area contributed by atoms with Crippen LogP contribution in [0.3, 0.4) is 0 Å². The molecule has 0 aliphatic rings. The van der Waals surface area contributed by atoms with Crippen molar-refractivity contribution in [2.45, 2.75) is 12.1 Å². The Labute approximate surface area is 113 Å². The normalized spacial score (nSPS) is 11.5. The third-order valence-electron chi connectivity index (χ3n) is 2.11. The van der Waals surface area contributed by atoms with Gasteiger partial charge in [-0.2, -0.15) is 13.5 Å². The van der Waals surface area contributed by atoms with Crippen LogP contribution in [0.4, 0.5) is 0 Å². The number of aromatic amines is 1. The first-order valence-electron chi connectivity index (χ1n) is 4.66. The average Bonchev–Trinajstić information content (AvgIpc) is 2.84. The number of nitrogens with zero attached hydrogens (tertiary/aromatic N) is 2. The van der Waals surface area contributed by atoms with Crippen LogP contribution in [-0.2, 0) is 10.1 Å². The third-order valence-corrected chi connectivity index (χ3v) is 4.06. The van der Waals surface area contributed by atoms with E-state index in [0.717, 1.165) is 6.33 Å². The highest BCUT2D eigenvalue weighted by atomic mass is 35.5. The van der Waals surface area contributed by atoms with Crippen LogP contribution in [-0.4, -0.2) is 23.6 Å². The first kappa shape index (κ1) is 13.1. The summed E-state index contributed by atoms with van der Waals surface area (Å²) in [6.07, 6.45) is 1.06. The molecule has 0 fully saturated rings. The summed E-state index contributed by atoms with van der Waals surface area (Å²) in [7, 11) is -4.08. The predicted octanol–water partition coefficient (Wildman–Crippen LogP) is 2.19. The Kier molecular flexibility index (Phi) is 3.47. The fourth-order valence-corrected chi connectivity index (χ4v) is 2.42. The van der Waals surface area contributed by atoms with Crippen LogP contribution in [0.1, 0.15) is 5.56 Å². The van der Waals surface area contributed by atoms with E-state index in [0.29, 0.717) is 10.6 Å². The van der Waals surface area contributed by atoms with Gasteiger partial charge in [0.15, 0.2) is 5.75 Å². The van der Waals surface area contributed by atoms with Crippen molar-refractivity contribution in [2.24, 2.45) is 0 Å². The van der Waals surface area contributed by atoms with E-state index in [-0.39, 0.29) is 10.8 Å². The molecule has 0 spiro atoms. The largest absolute Gasteiger partial charge is 0.375 e. The van der Waals surface area contributed by atoms with Crippen LogP contribution >= 0.6 is 23.2 Å². The Balaban J connectivity index is 2.39. The Bertz CT molecular complexity index is 671. The molecular formula is C9H7Cl2N3O3S. The molecule has 1 aromatic heterocycles. The molecule has 18 heavy (non-hydrogen) atoms. The quantitative estimate of drug-likeness (QED) is 0.879. The zero-order chi connectivity index (χ0) is 13.3. The fourth-order valence-electron chi connectivity index (χ4n) is 1.17. The summed E-state index contributed by atoms with van der Waals surface area (Å²) in [4.78, 5) is 3.50. The highest BCUT2D eigenvalue weighted by Gasteiger charge is 2.22. The van der Waals surface area contributed by atoms with E-state index in [1.807, 2.05) is 0 Å². The van der Waals surface area contributed by atoms with Gasteiger partial charge in [0.05, 0.1) is 5.02 Å². The van der Waals surface area contributed by atoms with Crippen LogP contribution in [0.25, 0.3) is 0 Å². The van der Waals surface area contributed by atoms with E-state index in [9.17, 15) is 8.42 Å². The summed E-state index contributed by atoms with van der Waals surface area (Å²) < 4.78 is 28.4. The molecule has 0 unspecified atom stereocenters. The minimum atomic E-state index is -4.08. The topological polar surface area (TPSA) is 84.9 Å². The highest BCUT2D eigenvalue weighted by molar-refractivity contribution is 7.86. The lowest BCUT2D eigenvalue weighted by Crippen LogP contribution is -2.12. The van der Waals surface area contributed by atoms with Crippen molar-refractivity contribution >= 4 is 33.3 Å². The van der Waals surface area contributed by atoms with E-state index in [1.165, 1.54) is 12.1 Å². The van der Waals surface area contributed by atoms with Gasteiger partial charge in [-0.15, -0.1) is 0 Å². The van der Waals surface area contributed by atoms with Crippen molar-refractivity contribution in [3.05, 3.63) is 34.1 Å². The third kappa shape index (κ3) is 2.43. The first-order chi connectivity index (χ1) is 8.42. The molecule has 0 aliphatic carbocycles. The second kappa shape index (κ2) is 4.75.